The maximum atomic E-state index is 11.2. The number of rotatable bonds is 4. The molecule has 0 aromatic carbocycles. The highest BCUT2D eigenvalue weighted by Gasteiger charge is 2.16. The van der Waals surface area contributed by atoms with Crippen molar-refractivity contribution in [3.63, 3.8) is 0 Å². The van der Waals surface area contributed by atoms with Gasteiger partial charge in [0.15, 0.2) is 0 Å². The SMILES string of the molecule is CNC(=O)C[C@H](NC(C)=O)c1cccs1. The Morgan fingerprint density at radius 3 is 2.73 bits per heavy atom. The van der Waals surface area contributed by atoms with E-state index in [2.05, 4.69) is 10.6 Å². The normalized spacial score (nSPS) is 11.9. The Hall–Kier alpha value is -1.36. The summed E-state index contributed by atoms with van der Waals surface area (Å²) in [6.07, 6.45) is 0.274. The van der Waals surface area contributed by atoms with E-state index in [0.717, 1.165) is 4.88 Å². The lowest BCUT2D eigenvalue weighted by atomic mass is 10.1. The average Bonchev–Trinajstić information content (AvgIpc) is 2.68. The van der Waals surface area contributed by atoms with E-state index in [0.29, 0.717) is 0 Å². The van der Waals surface area contributed by atoms with Crippen molar-refractivity contribution in [2.45, 2.75) is 19.4 Å². The fourth-order valence-corrected chi connectivity index (χ4v) is 2.02. The third-order valence-corrected chi connectivity index (χ3v) is 2.92. The summed E-state index contributed by atoms with van der Waals surface area (Å²) in [5.41, 5.74) is 0. The van der Waals surface area contributed by atoms with Crippen LogP contribution in [0.3, 0.4) is 0 Å². The van der Waals surface area contributed by atoms with Crippen LogP contribution in [0.2, 0.25) is 0 Å². The van der Waals surface area contributed by atoms with Crippen molar-refractivity contribution in [3.8, 4) is 0 Å². The van der Waals surface area contributed by atoms with Crippen LogP contribution >= 0.6 is 11.3 Å². The van der Waals surface area contributed by atoms with Crippen molar-refractivity contribution in [1.29, 1.82) is 0 Å². The van der Waals surface area contributed by atoms with E-state index in [1.165, 1.54) is 18.3 Å². The van der Waals surface area contributed by atoms with Crippen molar-refractivity contribution in [1.82, 2.24) is 10.6 Å². The minimum Gasteiger partial charge on any atom is -0.359 e. The Balaban J connectivity index is 2.70. The zero-order valence-corrected chi connectivity index (χ0v) is 9.56. The van der Waals surface area contributed by atoms with Gasteiger partial charge in [-0.25, -0.2) is 0 Å². The second-order valence-electron chi connectivity index (χ2n) is 3.15. The molecular formula is C10H14N2O2S. The summed E-state index contributed by atoms with van der Waals surface area (Å²) in [5, 5.41) is 7.23. The summed E-state index contributed by atoms with van der Waals surface area (Å²) in [6.45, 7) is 1.45. The van der Waals surface area contributed by atoms with Gasteiger partial charge in [-0.2, -0.15) is 0 Å². The third-order valence-electron chi connectivity index (χ3n) is 1.93. The number of thiophene rings is 1. The molecule has 4 nitrogen and oxygen atoms in total. The van der Waals surface area contributed by atoms with Crippen LogP contribution in [-0.2, 0) is 9.59 Å². The lowest BCUT2D eigenvalue weighted by Crippen LogP contribution is -2.30. The molecule has 0 fully saturated rings. The fraction of sp³-hybridized carbons (Fsp3) is 0.400. The van der Waals surface area contributed by atoms with Crippen LogP contribution in [-0.4, -0.2) is 18.9 Å². The molecule has 2 amide bonds. The highest BCUT2D eigenvalue weighted by molar-refractivity contribution is 7.10. The van der Waals surface area contributed by atoms with Gasteiger partial charge < -0.3 is 10.6 Å². The number of amides is 2. The van der Waals surface area contributed by atoms with Gasteiger partial charge in [-0.1, -0.05) is 6.07 Å². The molecule has 0 saturated carbocycles. The first-order valence-electron chi connectivity index (χ1n) is 4.64. The van der Waals surface area contributed by atoms with E-state index >= 15 is 0 Å². The molecule has 0 aliphatic heterocycles. The molecule has 0 saturated heterocycles. The van der Waals surface area contributed by atoms with Crippen LogP contribution in [0.25, 0.3) is 0 Å². The first-order chi connectivity index (χ1) is 7.13. The quantitative estimate of drug-likeness (QED) is 0.806. The second kappa shape index (κ2) is 5.50. The molecule has 1 rings (SSSR count). The molecule has 0 bridgehead atoms. The molecule has 0 unspecified atom stereocenters. The highest BCUT2D eigenvalue weighted by Crippen LogP contribution is 2.21. The van der Waals surface area contributed by atoms with E-state index in [9.17, 15) is 9.59 Å². The fourth-order valence-electron chi connectivity index (χ4n) is 1.25. The van der Waals surface area contributed by atoms with Crippen molar-refractivity contribution in [3.05, 3.63) is 22.4 Å². The second-order valence-corrected chi connectivity index (χ2v) is 4.13. The Kier molecular flexibility index (Phi) is 4.30. The third kappa shape index (κ3) is 3.71. The summed E-state index contributed by atoms with van der Waals surface area (Å²) in [6, 6.07) is 3.59. The van der Waals surface area contributed by atoms with Crippen LogP contribution in [0, 0.1) is 0 Å². The Morgan fingerprint density at radius 2 is 2.27 bits per heavy atom. The molecule has 15 heavy (non-hydrogen) atoms. The lowest BCUT2D eigenvalue weighted by molar-refractivity contribution is -0.122. The standard InChI is InChI=1S/C10H14N2O2S/c1-7(13)12-8(6-10(14)11-2)9-4-3-5-15-9/h3-5,8H,6H2,1-2H3,(H,11,14)(H,12,13)/t8-/m0/s1. The Morgan fingerprint density at radius 1 is 1.53 bits per heavy atom. The van der Waals surface area contributed by atoms with Crippen molar-refractivity contribution >= 4 is 23.2 Å². The molecule has 0 aliphatic rings. The number of carbonyl (C=O) groups is 2. The van der Waals surface area contributed by atoms with Gasteiger partial charge >= 0.3 is 0 Å². The Bertz CT molecular complexity index is 335. The van der Waals surface area contributed by atoms with Crippen LogP contribution in [0.15, 0.2) is 17.5 Å². The first kappa shape index (κ1) is 11.7. The van der Waals surface area contributed by atoms with Crippen molar-refractivity contribution < 1.29 is 9.59 Å². The number of hydrogen-bond acceptors (Lipinski definition) is 3. The molecule has 1 aromatic heterocycles. The maximum Gasteiger partial charge on any atom is 0.222 e. The molecule has 5 heteroatoms. The molecule has 1 heterocycles. The van der Waals surface area contributed by atoms with Crippen LogP contribution in [0.4, 0.5) is 0 Å². The molecule has 2 N–H and O–H groups in total. The molecule has 0 spiro atoms. The van der Waals surface area contributed by atoms with Gasteiger partial charge in [0.25, 0.3) is 0 Å². The van der Waals surface area contributed by atoms with Crippen LogP contribution < -0.4 is 10.6 Å². The van der Waals surface area contributed by atoms with Crippen LogP contribution in [0.5, 0.6) is 0 Å². The number of hydrogen-bond donors (Lipinski definition) is 2. The molecule has 1 atom stereocenters. The number of nitrogens with one attached hydrogen (secondary N) is 2. The first-order valence-corrected chi connectivity index (χ1v) is 5.52. The largest absolute Gasteiger partial charge is 0.359 e. The zero-order valence-electron chi connectivity index (χ0n) is 8.74. The predicted molar refractivity (Wildman–Crippen MR) is 59.6 cm³/mol. The summed E-state index contributed by atoms with van der Waals surface area (Å²) in [7, 11) is 1.58. The monoisotopic (exact) mass is 226 g/mol. The maximum absolute atomic E-state index is 11.2. The molecule has 1 aromatic rings. The van der Waals surface area contributed by atoms with Crippen molar-refractivity contribution in [2.75, 3.05) is 7.05 Å². The van der Waals surface area contributed by atoms with Gasteiger partial charge in [-0.15, -0.1) is 11.3 Å². The minimum atomic E-state index is -0.220. The number of carbonyl (C=O) groups excluding carboxylic acids is 2. The van der Waals surface area contributed by atoms with E-state index in [-0.39, 0.29) is 24.3 Å². The van der Waals surface area contributed by atoms with Crippen LogP contribution in [0.1, 0.15) is 24.3 Å². The topological polar surface area (TPSA) is 58.2 Å². The average molecular weight is 226 g/mol. The molecule has 0 radical (unpaired) electrons. The van der Waals surface area contributed by atoms with Gasteiger partial charge in [0.05, 0.1) is 12.5 Å². The van der Waals surface area contributed by atoms with Gasteiger partial charge in [0.1, 0.15) is 0 Å². The summed E-state index contributed by atoms with van der Waals surface area (Å²) < 4.78 is 0. The van der Waals surface area contributed by atoms with Gasteiger partial charge in [0.2, 0.25) is 11.8 Å². The van der Waals surface area contributed by atoms with E-state index in [1.807, 2.05) is 17.5 Å². The highest BCUT2D eigenvalue weighted by atomic mass is 32.1. The lowest BCUT2D eigenvalue weighted by Gasteiger charge is -2.15. The molecule has 0 aliphatic carbocycles. The van der Waals surface area contributed by atoms with Gasteiger partial charge in [-0.05, 0) is 11.4 Å². The molecule has 82 valence electrons. The predicted octanol–water partition coefficient (Wildman–Crippen LogP) is 1.06. The summed E-state index contributed by atoms with van der Waals surface area (Å²) >= 11 is 1.53. The summed E-state index contributed by atoms with van der Waals surface area (Å²) in [5.74, 6) is -0.209. The molecular weight excluding hydrogens is 212 g/mol. The van der Waals surface area contributed by atoms with E-state index in [4.69, 9.17) is 0 Å². The van der Waals surface area contributed by atoms with E-state index in [1.54, 1.807) is 7.05 Å². The Labute approximate surface area is 92.7 Å². The smallest absolute Gasteiger partial charge is 0.222 e. The zero-order chi connectivity index (χ0) is 11.3. The minimum absolute atomic E-state index is 0.0813. The van der Waals surface area contributed by atoms with Crippen molar-refractivity contribution in [2.24, 2.45) is 0 Å². The van der Waals surface area contributed by atoms with E-state index < -0.39 is 0 Å². The summed E-state index contributed by atoms with van der Waals surface area (Å²) in [4.78, 5) is 23.2. The van der Waals surface area contributed by atoms with Gasteiger partial charge in [0, 0.05) is 18.8 Å². The van der Waals surface area contributed by atoms with Gasteiger partial charge in [-0.3, -0.25) is 9.59 Å².